The molecule has 114 valence electrons. The molecule has 0 saturated carbocycles. The first-order valence-corrected chi connectivity index (χ1v) is 8.63. The monoisotopic (exact) mass is 327 g/mol. The van der Waals surface area contributed by atoms with Crippen molar-refractivity contribution in [2.24, 2.45) is 0 Å². The topological polar surface area (TPSA) is 64.6 Å². The van der Waals surface area contributed by atoms with Crippen LogP contribution in [0, 0.1) is 0 Å². The third-order valence-corrected chi connectivity index (χ3v) is 5.99. The van der Waals surface area contributed by atoms with Gasteiger partial charge < -0.3 is 9.47 Å². The van der Waals surface area contributed by atoms with Crippen LogP contribution in [0.4, 0.5) is 5.69 Å². The van der Waals surface area contributed by atoms with Crippen molar-refractivity contribution in [2.45, 2.75) is 17.6 Å². The standard InChI is InChI=1S/C14H17NO4S2/c1-4-11-6-8-14(20-11)21(16,17)15-10-5-7-12(18-2)13(9-10)19-3/h5-9,15H,4H2,1-3H3. The van der Waals surface area contributed by atoms with E-state index in [0.717, 1.165) is 11.3 Å². The Kier molecular flexibility index (Phi) is 4.74. The molecule has 0 bridgehead atoms. The molecule has 0 aliphatic heterocycles. The first-order chi connectivity index (χ1) is 10.00. The smallest absolute Gasteiger partial charge is 0.271 e. The van der Waals surface area contributed by atoms with E-state index in [9.17, 15) is 8.42 Å². The van der Waals surface area contributed by atoms with Gasteiger partial charge >= 0.3 is 0 Å². The number of benzene rings is 1. The number of methoxy groups -OCH3 is 2. The summed E-state index contributed by atoms with van der Waals surface area (Å²) in [5.41, 5.74) is 0.430. The second kappa shape index (κ2) is 6.36. The summed E-state index contributed by atoms with van der Waals surface area (Å²) in [5.74, 6) is 1.02. The van der Waals surface area contributed by atoms with Gasteiger partial charge in [0.15, 0.2) is 11.5 Å². The van der Waals surface area contributed by atoms with Crippen molar-refractivity contribution in [1.29, 1.82) is 0 Å². The molecule has 1 heterocycles. The van der Waals surface area contributed by atoms with E-state index in [-0.39, 0.29) is 0 Å². The average Bonchev–Trinajstić information content (AvgIpc) is 2.96. The molecular formula is C14H17NO4S2. The summed E-state index contributed by atoms with van der Waals surface area (Å²) in [6.07, 6.45) is 0.816. The van der Waals surface area contributed by atoms with Crippen LogP contribution < -0.4 is 14.2 Å². The maximum absolute atomic E-state index is 12.3. The second-order valence-electron chi connectivity index (χ2n) is 4.25. The molecule has 7 heteroatoms. The maximum Gasteiger partial charge on any atom is 0.271 e. The molecule has 1 aromatic heterocycles. The van der Waals surface area contributed by atoms with Crippen molar-refractivity contribution in [3.05, 3.63) is 35.2 Å². The Morgan fingerprint density at radius 1 is 1.10 bits per heavy atom. The lowest BCUT2D eigenvalue weighted by Crippen LogP contribution is -2.11. The van der Waals surface area contributed by atoms with Gasteiger partial charge in [-0.3, -0.25) is 4.72 Å². The molecule has 0 unspecified atom stereocenters. The molecule has 0 aliphatic rings. The van der Waals surface area contributed by atoms with Crippen molar-refractivity contribution < 1.29 is 17.9 Å². The minimum absolute atomic E-state index is 0.300. The van der Waals surface area contributed by atoms with Gasteiger partial charge in [-0.25, -0.2) is 8.42 Å². The van der Waals surface area contributed by atoms with Crippen LogP contribution in [0.25, 0.3) is 0 Å². The maximum atomic E-state index is 12.3. The third-order valence-electron chi connectivity index (χ3n) is 2.89. The molecule has 21 heavy (non-hydrogen) atoms. The number of hydrogen-bond acceptors (Lipinski definition) is 5. The minimum atomic E-state index is -3.57. The third kappa shape index (κ3) is 3.48. The Balaban J connectivity index is 2.28. The number of sulfonamides is 1. The van der Waals surface area contributed by atoms with Gasteiger partial charge in [-0.1, -0.05) is 6.92 Å². The van der Waals surface area contributed by atoms with Crippen molar-refractivity contribution in [1.82, 2.24) is 0 Å². The molecule has 2 aromatic rings. The summed E-state index contributed by atoms with van der Waals surface area (Å²) >= 11 is 1.27. The lowest BCUT2D eigenvalue weighted by Gasteiger charge is -2.11. The van der Waals surface area contributed by atoms with Gasteiger partial charge in [-0.2, -0.15) is 0 Å². The molecule has 0 spiro atoms. The average molecular weight is 327 g/mol. The summed E-state index contributed by atoms with van der Waals surface area (Å²) in [6.45, 7) is 1.99. The zero-order chi connectivity index (χ0) is 15.5. The second-order valence-corrected chi connectivity index (χ2v) is 7.33. The fourth-order valence-electron chi connectivity index (χ4n) is 1.80. The van der Waals surface area contributed by atoms with E-state index in [1.807, 2.05) is 13.0 Å². The molecular weight excluding hydrogens is 310 g/mol. The quantitative estimate of drug-likeness (QED) is 0.885. The van der Waals surface area contributed by atoms with E-state index >= 15 is 0 Å². The predicted octanol–water partition coefficient (Wildman–Crippen LogP) is 3.13. The summed E-state index contributed by atoms with van der Waals surface area (Å²) in [6, 6.07) is 8.32. The normalized spacial score (nSPS) is 11.2. The number of rotatable bonds is 6. The van der Waals surface area contributed by atoms with Crippen LogP contribution in [-0.4, -0.2) is 22.6 Å². The fraction of sp³-hybridized carbons (Fsp3) is 0.286. The van der Waals surface area contributed by atoms with Gasteiger partial charge in [0.1, 0.15) is 4.21 Å². The van der Waals surface area contributed by atoms with Gasteiger partial charge in [-0.05, 0) is 30.7 Å². The predicted molar refractivity (Wildman–Crippen MR) is 84.1 cm³/mol. The molecule has 2 rings (SSSR count). The Labute approximate surface area is 128 Å². The molecule has 5 nitrogen and oxygen atoms in total. The minimum Gasteiger partial charge on any atom is -0.493 e. The number of thiophene rings is 1. The van der Waals surface area contributed by atoms with Crippen molar-refractivity contribution in [3.8, 4) is 11.5 Å². The van der Waals surface area contributed by atoms with E-state index in [1.165, 1.54) is 25.6 Å². The summed E-state index contributed by atoms with van der Waals surface area (Å²) < 4.78 is 37.8. The number of ether oxygens (including phenoxy) is 2. The molecule has 0 saturated heterocycles. The van der Waals surface area contributed by atoms with Gasteiger partial charge in [0, 0.05) is 10.9 Å². The number of hydrogen-bond donors (Lipinski definition) is 1. The summed E-state index contributed by atoms with van der Waals surface area (Å²) in [7, 11) is -0.545. The Bertz CT molecular complexity index is 722. The molecule has 0 aliphatic carbocycles. The number of aryl methyl sites for hydroxylation is 1. The highest BCUT2D eigenvalue weighted by molar-refractivity contribution is 7.94. The molecule has 0 radical (unpaired) electrons. The van der Waals surface area contributed by atoms with E-state index in [2.05, 4.69) is 4.72 Å². The van der Waals surface area contributed by atoms with Crippen LogP contribution in [0.3, 0.4) is 0 Å². The first kappa shape index (κ1) is 15.7. The lowest BCUT2D eigenvalue weighted by atomic mass is 10.3. The fourth-order valence-corrected chi connectivity index (χ4v) is 4.14. The zero-order valence-electron chi connectivity index (χ0n) is 12.0. The molecule has 0 amide bonds. The summed E-state index contributed by atoms with van der Waals surface area (Å²) in [4.78, 5) is 1.03. The SMILES string of the molecule is CCc1ccc(S(=O)(=O)Nc2ccc(OC)c(OC)c2)s1. The van der Waals surface area contributed by atoms with E-state index in [4.69, 9.17) is 9.47 Å². The van der Waals surface area contributed by atoms with Gasteiger partial charge in [-0.15, -0.1) is 11.3 Å². The van der Waals surface area contributed by atoms with E-state index in [1.54, 1.807) is 24.3 Å². The highest BCUT2D eigenvalue weighted by Gasteiger charge is 2.17. The van der Waals surface area contributed by atoms with Crippen LogP contribution in [0.1, 0.15) is 11.8 Å². The lowest BCUT2D eigenvalue weighted by molar-refractivity contribution is 0.355. The van der Waals surface area contributed by atoms with Gasteiger partial charge in [0.05, 0.1) is 19.9 Å². The van der Waals surface area contributed by atoms with Crippen LogP contribution >= 0.6 is 11.3 Å². The molecule has 1 N–H and O–H groups in total. The van der Waals surface area contributed by atoms with Crippen LogP contribution in [0.15, 0.2) is 34.5 Å². The molecule has 0 fully saturated rings. The van der Waals surface area contributed by atoms with Gasteiger partial charge in [0.2, 0.25) is 0 Å². The van der Waals surface area contributed by atoms with E-state index < -0.39 is 10.0 Å². The first-order valence-electron chi connectivity index (χ1n) is 6.33. The number of anilines is 1. The van der Waals surface area contributed by atoms with Crippen molar-refractivity contribution >= 4 is 27.0 Å². The molecule has 0 atom stereocenters. The van der Waals surface area contributed by atoms with Crippen LogP contribution in [0.5, 0.6) is 11.5 Å². The molecule has 1 aromatic carbocycles. The van der Waals surface area contributed by atoms with Gasteiger partial charge in [0.25, 0.3) is 10.0 Å². The van der Waals surface area contributed by atoms with Crippen LogP contribution in [0.2, 0.25) is 0 Å². The highest BCUT2D eigenvalue weighted by atomic mass is 32.2. The highest BCUT2D eigenvalue weighted by Crippen LogP contribution is 2.31. The zero-order valence-corrected chi connectivity index (χ0v) is 13.7. The Morgan fingerprint density at radius 3 is 2.38 bits per heavy atom. The number of nitrogens with one attached hydrogen (secondary N) is 1. The Hall–Kier alpha value is -1.73. The van der Waals surface area contributed by atoms with Crippen molar-refractivity contribution in [2.75, 3.05) is 18.9 Å². The summed E-state index contributed by atoms with van der Waals surface area (Å²) in [5, 5.41) is 0. The van der Waals surface area contributed by atoms with Crippen molar-refractivity contribution in [3.63, 3.8) is 0 Å². The largest absolute Gasteiger partial charge is 0.493 e. The van der Waals surface area contributed by atoms with Crippen LogP contribution in [-0.2, 0) is 16.4 Å². The Morgan fingerprint density at radius 2 is 1.81 bits per heavy atom. The van der Waals surface area contributed by atoms with E-state index in [0.29, 0.717) is 21.4 Å².